The third kappa shape index (κ3) is 5.55. The summed E-state index contributed by atoms with van der Waals surface area (Å²) in [6, 6.07) is 17.8. The van der Waals surface area contributed by atoms with Crippen LogP contribution in [0.15, 0.2) is 59.5 Å². The van der Waals surface area contributed by atoms with Crippen LogP contribution in [0.25, 0.3) is 0 Å². The number of carbonyl (C=O) groups excluding carboxylic acids is 1. The molecule has 1 saturated heterocycles. The number of carbonyl (C=O) groups is 1. The molecular weight excluding hydrogens is 380 g/mol. The molecule has 1 N–H and O–H groups in total. The first-order valence-electron chi connectivity index (χ1n) is 10.3. The molecule has 0 saturated carbocycles. The molecule has 0 spiro atoms. The van der Waals surface area contributed by atoms with Gasteiger partial charge >= 0.3 is 0 Å². The molecule has 5 heteroatoms. The van der Waals surface area contributed by atoms with Crippen molar-refractivity contribution < 1.29 is 9.00 Å². The number of hydrogen-bond acceptors (Lipinski definition) is 3. The maximum atomic E-state index is 12.8. The van der Waals surface area contributed by atoms with Crippen LogP contribution in [0, 0.1) is 5.41 Å². The minimum atomic E-state index is -1.03. The van der Waals surface area contributed by atoms with Gasteiger partial charge in [-0.05, 0) is 41.7 Å². The fraction of sp³-hybridized carbons (Fsp3) is 0.458. The first kappa shape index (κ1) is 21.7. The summed E-state index contributed by atoms with van der Waals surface area (Å²) in [6.07, 6.45) is 0.932. The third-order valence-electron chi connectivity index (χ3n) is 5.64. The van der Waals surface area contributed by atoms with Crippen molar-refractivity contribution in [3.63, 3.8) is 0 Å². The molecule has 1 fully saturated rings. The van der Waals surface area contributed by atoms with Gasteiger partial charge in [0.05, 0.1) is 10.8 Å². The van der Waals surface area contributed by atoms with Gasteiger partial charge in [0.1, 0.15) is 0 Å². The predicted octanol–water partition coefficient (Wildman–Crippen LogP) is 4.23. The molecule has 0 aliphatic carbocycles. The molecule has 0 radical (unpaired) electrons. The normalized spacial score (nSPS) is 20.4. The molecule has 1 heterocycles. The lowest BCUT2D eigenvalue weighted by Crippen LogP contribution is -2.55. The number of rotatable bonds is 6. The van der Waals surface area contributed by atoms with Crippen LogP contribution >= 0.6 is 0 Å². The van der Waals surface area contributed by atoms with E-state index in [-0.39, 0.29) is 22.6 Å². The third-order valence-corrected chi connectivity index (χ3v) is 7.23. The van der Waals surface area contributed by atoms with Gasteiger partial charge in [-0.15, -0.1) is 0 Å². The lowest BCUT2D eigenvalue weighted by molar-refractivity contribution is 0.0616. The second kappa shape index (κ2) is 9.23. The summed E-state index contributed by atoms with van der Waals surface area (Å²) in [4.78, 5) is 16.0. The predicted molar refractivity (Wildman–Crippen MR) is 119 cm³/mol. The van der Waals surface area contributed by atoms with E-state index in [4.69, 9.17) is 0 Å². The van der Waals surface area contributed by atoms with E-state index in [9.17, 15) is 9.00 Å². The van der Waals surface area contributed by atoms with E-state index < -0.39 is 10.8 Å². The first-order valence-corrected chi connectivity index (χ1v) is 11.6. The lowest BCUT2D eigenvalue weighted by atomic mass is 9.78. The number of piperidine rings is 1. The average Bonchev–Trinajstić information content (AvgIpc) is 2.70. The van der Waals surface area contributed by atoms with E-state index in [1.165, 1.54) is 5.56 Å². The van der Waals surface area contributed by atoms with Crippen LogP contribution in [0.2, 0.25) is 0 Å². The molecule has 0 bridgehead atoms. The summed E-state index contributed by atoms with van der Waals surface area (Å²) in [5.41, 5.74) is 1.93. The van der Waals surface area contributed by atoms with Crippen LogP contribution in [-0.4, -0.2) is 39.4 Å². The number of benzene rings is 2. The maximum absolute atomic E-state index is 12.8. The molecule has 1 aliphatic rings. The van der Waals surface area contributed by atoms with Crippen LogP contribution in [0.3, 0.4) is 0 Å². The minimum Gasteiger partial charge on any atom is -0.349 e. The van der Waals surface area contributed by atoms with Crippen molar-refractivity contribution >= 4 is 16.7 Å². The van der Waals surface area contributed by atoms with Gasteiger partial charge in [-0.1, -0.05) is 58.0 Å². The Hall–Kier alpha value is -1.98. The van der Waals surface area contributed by atoms with Crippen molar-refractivity contribution in [2.45, 2.75) is 56.8 Å². The summed E-state index contributed by atoms with van der Waals surface area (Å²) < 4.78 is 12.2. The standard InChI is InChI=1S/C24H32N2O2S/c1-18(2)29(28)21-12-10-20(11-13-21)23(27)25-22-14-15-26(17-24(22,3)4)16-19-8-6-5-7-9-19/h5-13,18,22H,14-17H2,1-4H3,(H,25,27)/t22-,29+/m0/s1. The van der Waals surface area contributed by atoms with E-state index in [0.29, 0.717) is 5.56 Å². The zero-order chi connectivity index (χ0) is 21.0. The summed E-state index contributed by atoms with van der Waals surface area (Å²) in [5.74, 6) is -0.0542. The van der Waals surface area contributed by atoms with Gasteiger partial charge in [0.25, 0.3) is 5.91 Å². The highest BCUT2D eigenvalue weighted by Crippen LogP contribution is 2.30. The van der Waals surface area contributed by atoms with Gasteiger partial charge in [0.15, 0.2) is 0 Å². The van der Waals surface area contributed by atoms with Gasteiger partial charge in [0, 0.05) is 41.4 Å². The Labute approximate surface area is 177 Å². The van der Waals surface area contributed by atoms with Crippen molar-refractivity contribution in [3.05, 3.63) is 65.7 Å². The number of amides is 1. The van der Waals surface area contributed by atoms with Crippen molar-refractivity contribution in [2.75, 3.05) is 13.1 Å². The second-order valence-electron chi connectivity index (χ2n) is 8.87. The van der Waals surface area contributed by atoms with E-state index in [1.807, 2.05) is 19.9 Å². The smallest absolute Gasteiger partial charge is 0.251 e. The SMILES string of the molecule is CC(C)[S@@](=O)c1ccc(C(=O)N[C@H]2CCN(Cc3ccccc3)CC2(C)C)cc1. The Morgan fingerprint density at radius 3 is 2.38 bits per heavy atom. The minimum absolute atomic E-state index is 0.0121. The highest BCUT2D eigenvalue weighted by atomic mass is 32.2. The summed E-state index contributed by atoms with van der Waals surface area (Å²) in [7, 11) is -1.03. The topological polar surface area (TPSA) is 49.4 Å². The van der Waals surface area contributed by atoms with Crippen molar-refractivity contribution in [1.29, 1.82) is 0 Å². The van der Waals surface area contributed by atoms with E-state index in [0.717, 1.165) is 31.0 Å². The highest BCUT2D eigenvalue weighted by molar-refractivity contribution is 7.85. The van der Waals surface area contributed by atoms with Gasteiger partial charge in [-0.3, -0.25) is 13.9 Å². The number of likely N-dealkylation sites (tertiary alicyclic amines) is 1. The molecule has 156 valence electrons. The molecule has 3 rings (SSSR count). The molecule has 1 aliphatic heterocycles. The molecule has 29 heavy (non-hydrogen) atoms. The average molecular weight is 413 g/mol. The monoisotopic (exact) mass is 412 g/mol. The molecule has 1 amide bonds. The van der Waals surface area contributed by atoms with Crippen LogP contribution in [0.5, 0.6) is 0 Å². The van der Waals surface area contributed by atoms with Gasteiger partial charge in [-0.2, -0.15) is 0 Å². The number of nitrogens with zero attached hydrogens (tertiary/aromatic N) is 1. The largest absolute Gasteiger partial charge is 0.349 e. The Morgan fingerprint density at radius 2 is 1.79 bits per heavy atom. The molecule has 2 atom stereocenters. The molecule has 0 aromatic heterocycles. The van der Waals surface area contributed by atoms with Gasteiger partial charge < -0.3 is 5.32 Å². The molecule has 4 nitrogen and oxygen atoms in total. The molecule has 2 aromatic carbocycles. The Kier molecular flexibility index (Phi) is 6.91. The number of hydrogen-bond donors (Lipinski definition) is 1. The van der Waals surface area contributed by atoms with Gasteiger partial charge in [-0.25, -0.2) is 0 Å². The fourth-order valence-corrected chi connectivity index (χ4v) is 4.91. The van der Waals surface area contributed by atoms with Crippen LogP contribution in [0.1, 0.15) is 50.0 Å². The quantitative estimate of drug-likeness (QED) is 0.772. The van der Waals surface area contributed by atoms with Crippen molar-refractivity contribution in [1.82, 2.24) is 10.2 Å². The molecule has 0 unspecified atom stereocenters. The Balaban J connectivity index is 1.60. The van der Waals surface area contributed by atoms with Gasteiger partial charge in [0.2, 0.25) is 0 Å². The molecule has 2 aromatic rings. The number of nitrogens with one attached hydrogen (secondary N) is 1. The van der Waals surface area contributed by atoms with E-state index in [1.54, 1.807) is 24.3 Å². The fourth-order valence-electron chi connectivity index (χ4n) is 3.97. The summed E-state index contributed by atoms with van der Waals surface area (Å²) in [6.45, 7) is 11.2. The maximum Gasteiger partial charge on any atom is 0.251 e. The lowest BCUT2D eigenvalue weighted by Gasteiger charge is -2.44. The summed E-state index contributed by atoms with van der Waals surface area (Å²) in [5, 5.41) is 3.31. The summed E-state index contributed by atoms with van der Waals surface area (Å²) >= 11 is 0. The Morgan fingerprint density at radius 1 is 1.14 bits per heavy atom. The van der Waals surface area contributed by atoms with Crippen LogP contribution in [0.4, 0.5) is 0 Å². The Bertz CT molecular complexity index is 847. The van der Waals surface area contributed by atoms with Crippen molar-refractivity contribution in [2.24, 2.45) is 5.41 Å². The van der Waals surface area contributed by atoms with Crippen LogP contribution < -0.4 is 5.32 Å². The van der Waals surface area contributed by atoms with Crippen molar-refractivity contribution in [3.8, 4) is 0 Å². The van der Waals surface area contributed by atoms with Crippen LogP contribution in [-0.2, 0) is 17.3 Å². The first-order chi connectivity index (χ1) is 13.8. The zero-order valence-electron chi connectivity index (χ0n) is 17.9. The molecular formula is C24H32N2O2S. The van der Waals surface area contributed by atoms with E-state index in [2.05, 4.69) is 48.3 Å². The second-order valence-corrected chi connectivity index (χ2v) is 10.9. The highest BCUT2D eigenvalue weighted by Gasteiger charge is 2.36. The van der Waals surface area contributed by atoms with E-state index >= 15 is 0 Å². The zero-order valence-corrected chi connectivity index (χ0v) is 18.7.